The first-order valence-corrected chi connectivity index (χ1v) is 7.22. The van der Waals surface area contributed by atoms with Crippen LogP contribution in [0.2, 0.25) is 10.0 Å². The summed E-state index contributed by atoms with van der Waals surface area (Å²) in [5, 5.41) is 22.8. The molecule has 2 aromatic rings. The molecule has 1 amide bonds. The summed E-state index contributed by atoms with van der Waals surface area (Å²) in [5.41, 5.74) is -0.102. The molecule has 0 radical (unpaired) electrons. The summed E-state index contributed by atoms with van der Waals surface area (Å²) < 4.78 is 5.27. The molecule has 0 saturated carbocycles. The topological polar surface area (TPSA) is 105 Å². The number of hydrogen-bond donors (Lipinski definition) is 1. The molecule has 0 unspecified atom stereocenters. The zero-order valence-electron chi connectivity index (χ0n) is 12.0. The average molecular weight is 366 g/mol. The molecule has 0 bridgehead atoms. The number of halogens is 2. The van der Waals surface area contributed by atoms with Gasteiger partial charge in [0.15, 0.2) is 6.61 Å². The second-order valence-electron chi connectivity index (χ2n) is 4.51. The minimum Gasteiger partial charge on any atom is -0.484 e. The molecule has 0 saturated heterocycles. The molecular formula is C15H9Cl2N3O4. The van der Waals surface area contributed by atoms with E-state index in [0.29, 0.717) is 10.8 Å². The third kappa shape index (κ3) is 4.35. The largest absolute Gasteiger partial charge is 0.484 e. The Kier molecular flexibility index (Phi) is 5.58. The molecule has 0 fully saturated rings. The van der Waals surface area contributed by atoms with Crippen LogP contribution in [0.15, 0.2) is 36.4 Å². The first-order valence-electron chi connectivity index (χ1n) is 6.47. The zero-order chi connectivity index (χ0) is 17.7. The molecule has 0 aliphatic heterocycles. The van der Waals surface area contributed by atoms with E-state index >= 15 is 0 Å². The minimum absolute atomic E-state index is 0.0212. The second-order valence-corrected chi connectivity index (χ2v) is 5.33. The fourth-order valence-electron chi connectivity index (χ4n) is 1.75. The number of anilines is 1. The molecule has 0 aliphatic rings. The molecule has 7 nitrogen and oxygen atoms in total. The minimum atomic E-state index is -0.625. The number of ether oxygens (including phenoxy) is 1. The van der Waals surface area contributed by atoms with E-state index in [1.807, 2.05) is 0 Å². The number of carbonyl (C=O) groups excluding carboxylic acids is 1. The standard InChI is InChI=1S/C15H9Cl2N3O4/c16-12-3-2-11(6-13(12)17)24-8-15(21)19-14-4-1-10(20(22)23)5-9(14)7-18/h1-6H,8H2,(H,19,21). The molecule has 0 spiro atoms. The molecule has 0 aromatic heterocycles. The molecule has 0 heterocycles. The molecule has 122 valence electrons. The van der Waals surface area contributed by atoms with Crippen molar-refractivity contribution >= 4 is 40.5 Å². The summed E-state index contributed by atoms with van der Waals surface area (Å²) in [6.07, 6.45) is 0. The van der Waals surface area contributed by atoms with Crippen LogP contribution in [0.25, 0.3) is 0 Å². The molecule has 2 rings (SSSR count). The maximum absolute atomic E-state index is 11.9. The summed E-state index contributed by atoms with van der Waals surface area (Å²) in [6.45, 7) is -0.334. The lowest BCUT2D eigenvalue weighted by Crippen LogP contribution is -2.20. The summed E-state index contributed by atoms with van der Waals surface area (Å²) in [6, 6.07) is 9.89. The van der Waals surface area contributed by atoms with Gasteiger partial charge < -0.3 is 10.1 Å². The predicted molar refractivity (Wildman–Crippen MR) is 88.4 cm³/mol. The van der Waals surface area contributed by atoms with E-state index in [4.69, 9.17) is 33.2 Å². The number of carbonyl (C=O) groups is 1. The third-order valence-electron chi connectivity index (χ3n) is 2.87. The number of nitrogens with one attached hydrogen (secondary N) is 1. The Morgan fingerprint density at radius 1 is 1.25 bits per heavy atom. The van der Waals surface area contributed by atoms with Gasteiger partial charge in [0.05, 0.1) is 26.2 Å². The number of non-ortho nitro benzene ring substituents is 1. The smallest absolute Gasteiger partial charge is 0.270 e. The lowest BCUT2D eigenvalue weighted by molar-refractivity contribution is -0.384. The van der Waals surface area contributed by atoms with E-state index in [2.05, 4.69) is 5.32 Å². The van der Waals surface area contributed by atoms with E-state index in [9.17, 15) is 14.9 Å². The van der Waals surface area contributed by atoms with Crippen LogP contribution in [0.4, 0.5) is 11.4 Å². The van der Waals surface area contributed by atoms with Crippen molar-refractivity contribution in [1.29, 1.82) is 5.26 Å². The van der Waals surface area contributed by atoms with E-state index in [-0.39, 0.29) is 28.6 Å². The van der Waals surface area contributed by atoms with Crippen molar-refractivity contribution in [3.63, 3.8) is 0 Å². The van der Waals surface area contributed by atoms with Crippen molar-refractivity contribution in [2.75, 3.05) is 11.9 Å². The zero-order valence-corrected chi connectivity index (χ0v) is 13.5. The van der Waals surface area contributed by atoms with E-state index in [1.54, 1.807) is 12.1 Å². The lowest BCUT2D eigenvalue weighted by Gasteiger charge is -2.09. The highest BCUT2D eigenvalue weighted by molar-refractivity contribution is 6.42. The van der Waals surface area contributed by atoms with Crippen LogP contribution in [0.3, 0.4) is 0 Å². The van der Waals surface area contributed by atoms with Gasteiger partial charge in [0.1, 0.15) is 11.8 Å². The van der Waals surface area contributed by atoms with Crippen LogP contribution in [0.5, 0.6) is 5.75 Å². The highest BCUT2D eigenvalue weighted by atomic mass is 35.5. The quantitative estimate of drug-likeness (QED) is 0.640. The second kappa shape index (κ2) is 7.64. The number of rotatable bonds is 5. The number of amides is 1. The maximum atomic E-state index is 11.9. The Balaban J connectivity index is 2.03. The Morgan fingerprint density at radius 2 is 2.00 bits per heavy atom. The molecular weight excluding hydrogens is 357 g/mol. The number of nitriles is 1. The predicted octanol–water partition coefficient (Wildman–Crippen LogP) is 3.79. The van der Waals surface area contributed by atoms with Crippen molar-refractivity contribution in [1.82, 2.24) is 0 Å². The van der Waals surface area contributed by atoms with Gasteiger partial charge in [-0.3, -0.25) is 14.9 Å². The summed E-state index contributed by atoms with van der Waals surface area (Å²) >= 11 is 11.6. The van der Waals surface area contributed by atoms with Crippen molar-refractivity contribution in [2.24, 2.45) is 0 Å². The normalized spacial score (nSPS) is 9.88. The van der Waals surface area contributed by atoms with Crippen molar-refractivity contribution in [3.8, 4) is 11.8 Å². The Morgan fingerprint density at radius 3 is 2.62 bits per heavy atom. The van der Waals surface area contributed by atoms with Gasteiger partial charge in [-0.05, 0) is 18.2 Å². The Labute approximate surface area is 146 Å². The van der Waals surface area contributed by atoms with Crippen LogP contribution in [-0.4, -0.2) is 17.4 Å². The number of nitro groups is 1. The molecule has 0 atom stereocenters. The number of hydrogen-bond acceptors (Lipinski definition) is 5. The summed E-state index contributed by atoms with van der Waals surface area (Å²) in [4.78, 5) is 21.9. The van der Waals surface area contributed by atoms with Gasteiger partial charge in [-0.2, -0.15) is 5.26 Å². The van der Waals surface area contributed by atoms with Gasteiger partial charge in [-0.1, -0.05) is 23.2 Å². The molecule has 0 aliphatic carbocycles. The van der Waals surface area contributed by atoms with Crippen molar-refractivity contribution in [2.45, 2.75) is 0 Å². The third-order valence-corrected chi connectivity index (χ3v) is 3.61. The first kappa shape index (κ1) is 17.5. The monoisotopic (exact) mass is 365 g/mol. The molecule has 9 heteroatoms. The van der Waals surface area contributed by atoms with Crippen LogP contribution in [0, 0.1) is 21.4 Å². The van der Waals surface area contributed by atoms with Gasteiger partial charge in [-0.25, -0.2) is 0 Å². The molecule has 1 N–H and O–H groups in total. The number of nitro benzene ring substituents is 1. The van der Waals surface area contributed by atoms with Crippen LogP contribution >= 0.6 is 23.2 Å². The van der Waals surface area contributed by atoms with Gasteiger partial charge in [0.25, 0.3) is 11.6 Å². The summed E-state index contributed by atoms with van der Waals surface area (Å²) in [7, 11) is 0. The summed E-state index contributed by atoms with van der Waals surface area (Å²) in [5.74, 6) is -0.185. The molecule has 24 heavy (non-hydrogen) atoms. The highest BCUT2D eigenvalue weighted by Gasteiger charge is 2.13. The fourth-order valence-corrected chi connectivity index (χ4v) is 2.04. The maximum Gasteiger partial charge on any atom is 0.270 e. The van der Waals surface area contributed by atoms with Crippen molar-refractivity contribution in [3.05, 3.63) is 62.1 Å². The van der Waals surface area contributed by atoms with E-state index < -0.39 is 10.8 Å². The van der Waals surface area contributed by atoms with Crippen LogP contribution in [-0.2, 0) is 4.79 Å². The SMILES string of the molecule is N#Cc1cc([N+](=O)[O-])ccc1NC(=O)COc1ccc(Cl)c(Cl)c1. The van der Waals surface area contributed by atoms with Crippen molar-refractivity contribution < 1.29 is 14.5 Å². The fraction of sp³-hybridized carbons (Fsp3) is 0.0667. The van der Waals surface area contributed by atoms with Gasteiger partial charge in [-0.15, -0.1) is 0 Å². The number of nitrogens with zero attached hydrogens (tertiary/aromatic N) is 2. The van der Waals surface area contributed by atoms with Gasteiger partial charge in [0.2, 0.25) is 0 Å². The lowest BCUT2D eigenvalue weighted by atomic mass is 10.1. The Bertz CT molecular complexity index is 849. The van der Waals surface area contributed by atoms with Crippen LogP contribution in [0.1, 0.15) is 5.56 Å². The molecule has 2 aromatic carbocycles. The number of benzene rings is 2. The highest BCUT2D eigenvalue weighted by Crippen LogP contribution is 2.26. The van der Waals surface area contributed by atoms with E-state index in [0.717, 1.165) is 6.07 Å². The first-order chi connectivity index (χ1) is 11.4. The van der Waals surface area contributed by atoms with Gasteiger partial charge in [0, 0.05) is 18.2 Å². The van der Waals surface area contributed by atoms with Gasteiger partial charge >= 0.3 is 0 Å². The Hall–Kier alpha value is -2.82. The van der Waals surface area contributed by atoms with Crippen LogP contribution < -0.4 is 10.1 Å². The van der Waals surface area contributed by atoms with E-state index in [1.165, 1.54) is 24.3 Å². The average Bonchev–Trinajstić information content (AvgIpc) is 2.56.